The van der Waals surface area contributed by atoms with Gasteiger partial charge < -0.3 is 5.11 Å². The Morgan fingerprint density at radius 3 is 2.56 bits per heavy atom. The second-order valence-corrected chi connectivity index (χ2v) is 2.35. The van der Waals surface area contributed by atoms with E-state index in [0.29, 0.717) is 6.42 Å². The van der Waals surface area contributed by atoms with Crippen molar-refractivity contribution in [1.82, 2.24) is 0 Å². The van der Waals surface area contributed by atoms with Crippen LogP contribution in [-0.2, 0) is 4.79 Å². The van der Waals surface area contributed by atoms with Crippen LogP contribution in [0.2, 0.25) is 0 Å². The van der Waals surface area contributed by atoms with Crippen LogP contribution in [0.4, 0.5) is 0 Å². The lowest BCUT2D eigenvalue weighted by Gasteiger charge is -2.04. The summed E-state index contributed by atoms with van der Waals surface area (Å²) in [5.74, 6) is 0.0657. The third-order valence-electron chi connectivity index (χ3n) is 1.14. The summed E-state index contributed by atoms with van der Waals surface area (Å²) in [4.78, 5) is 10.4. The Morgan fingerprint density at radius 1 is 1.67 bits per heavy atom. The van der Waals surface area contributed by atoms with Crippen LogP contribution in [0.25, 0.3) is 0 Å². The highest BCUT2D eigenvalue weighted by molar-refractivity contribution is 5.75. The Bertz CT molecular complexity index is 88.9. The maximum absolute atomic E-state index is 10.4. The van der Waals surface area contributed by atoms with Crippen LogP contribution < -0.4 is 0 Å². The molecule has 0 rings (SSSR count). The van der Waals surface area contributed by atoms with E-state index in [-0.39, 0.29) is 5.78 Å². The highest BCUT2D eigenvalue weighted by atomic mass is 16.3. The van der Waals surface area contributed by atoms with E-state index in [0.717, 1.165) is 12.8 Å². The Balaban J connectivity index is 3.26. The number of hydrogen-bond acceptors (Lipinski definition) is 2. The van der Waals surface area contributed by atoms with Crippen LogP contribution in [-0.4, -0.2) is 17.0 Å². The maximum atomic E-state index is 10.4. The van der Waals surface area contributed by atoms with Crippen molar-refractivity contribution >= 4 is 5.78 Å². The smallest absolute Gasteiger partial charge is 0.132 e. The van der Waals surface area contributed by atoms with E-state index < -0.39 is 6.10 Å². The molecule has 0 saturated heterocycles. The molecule has 0 bridgehead atoms. The lowest BCUT2D eigenvalue weighted by molar-refractivity contribution is -0.118. The van der Waals surface area contributed by atoms with Crippen molar-refractivity contribution in [2.75, 3.05) is 0 Å². The van der Waals surface area contributed by atoms with E-state index in [4.69, 9.17) is 5.11 Å². The van der Waals surface area contributed by atoms with Gasteiger partial charge in [-0.1, -0.05) is 13.3 Å². The van der Waals surface area contributed by atoms with Gasteiger partial charge in [0.1, 0.15) is 5.78 Å². The quantitative estimate of drug-likeness (QED) is 0.619. The van der Waals surface area contributed by atoms with Crippen molar-refractivity contribution < 1.29 is 9.90 Å². The predicted molar refractivity (Wildman–Crippen MR) is 36.2 cm³/mol. The zero-order chi connectivity index (χ0) is 7.28. The third kappa shape index (κ3) is 5.50. The van der Waals surface area contributed by atoms with Gasteiger partial charge in [0.25, 0.3) is 0 Å². The number of aliphatic hydroxyl groups excluding tert-OH is 1. The van der Waals surface area contributed by atoms with Gasteiger partial charge in [0.05, 0.1) is 6.10 Å². The first-order valence-electron chi connectivity index (χ1n) is 3.34. The van der Waals surface area contributed by atoms with Crippen molar-refractivity contribution in [3.05, 3.63) is 0 Å². The second-order valence-electron chi connectivity index (χ2n) is 2.35. The molecule has 2 nitrogen and oxygen atoms in total. The molecule has 0 aromatic heterocycles. The summed E-state index contributed by atoms with van der Waals surface area (Å²) in [5, 5.41) is 9.00. The van der Waals surface area contributed by atoms with E-state index in [2.05, 4.69) is 0 Å². The van der Waals surface area contributed by atoms with Crippen LogP contribution >= 0.6 is 0 Å². The van der Waals surface area contributed by atoms with Crippen molar-refractivity contribution in [2.24, 2.45) is 0 Å². The van der Waals surface area contributed by atoms with Gasteiger partial charge in [-0.15, -0.1) is 0 Å². The van der Waals surface area contributed by atoms with Gasteiger partial charge in [-0.05, 0) is 13.3 Å². The van der Waals surface area contributed by atoms with Gasteiger partial charge in [-0.2, -0.15) is 0 Å². The number of ketones is 1. The standard InChI is InChI=1S/C7H14O2/c1-3-4-7(9)5-6(2)8/h7,9H,3-5H2,1-2H3. The van der Waals surface area contributed by atoms with Crippen LogP contribution in [0.5, 0.6) is 0 Å². The van der Waals surface area contributed by atoms with Gasteiger partial charge in [0.15, 0.2) is 0 Å². The summed E-state index contributed by atoms with van der Waals surface area (Å²) in [5.41, 5.74) is 0. The molecule has 0 saturated carbocycles. The molecule has 0 aliphatic carbocycles. The van der Waals surface area contributed by atoms with Crippen molar-refractivity contribution in [1.29, 1.82) is 0 Å². The average molecular weight is 130 g/mol. The van der Waals surface area contributed by atoms with E-state index in [9.17, 15) is 4.79 Å². The fourth-order valence-corrected chi connectivity index (χ4v) is 0.767. The van der Waals surface area contributed by atoms with Crippen LogP contribution in [0, 0.1) is 0 Å². The fourth-order valence-electron chi connectivity index (χ4n) is 0.767. The molecule has 0 aromatic rings. The molecule has 0 heterocycles. The lowest BCUT2D eigenvalue weighted by atomic mass is 10.1. The van der Waals surface area contributed by atoms with Crippen molar-refractivity contribution in [2.45, 2.75) is 39.2 Å². The van der Waals surface area contributed by atoms with E-state index in [1.165, 1.54) is 6.92 Å². The number of rotatable bonds is 4. The minimum absolute atomic E-state index is 0.0657. The lowest BCUT2D eigenvalue weighted by Crippen LogP contribution is -2.10. The minimum atomic E-state index is -0.410. The van der Waals surface area contributed by atoms with E-state index >= 15 is 0 Å². The zero-order valence-electron chi connectivity index (χ0n) is 6.05. The van der Waals surface area contributed by atoms with Gasteiger partial charge in [0, 0.05) is 6.42 Å². The number of Topliss-reactive ketones (excluding diaryl/α,β-unsaturated/α-hetero) is 1. The molecule has 9 heavy (non-hydrogen) atoms. The summed E-state index contributed by atoms with van der Waals surface area (Å²) in [6, 6.07) is 0. The summed E-state index contributed by atoms with van der Waals surface area (Å²) in [7, 11) is 0. The van der Waals surface area contributed by atoms with Crippen LogP contribution in [0.1, 0.15) is 33.1 Å². The first-order valence-corrected chi connectivity index (χ1v) is 3.34. The summed E-state index contributed by atoms with van der Waals surface area (Å²) >= 11 is 0. The third-order valence-corrected chi connectivity index (χ3v) is 1.14. The Hall–Kier alpha value is -0.370. The van der Waals surface area contributed by atoms with Gasteiger partial charge in [-0.25, -0.2) is 0 Å². The highest BCUT2D eigenvalue weighted by Gasteiger charge is 2.04. The van der Waals surface area contributed by atoms with Gasteiger partial charge in [-0.3, -0.25) is 4.79 Å². The normalized spacial score (nSPS) is 13.2. The molecule has 2 heteroatoms. The van der Waals surface area contributed by atoms with E-state index in [1.54, 1.807) is 0 Å². The number of carbonyl (C=O) groups is 1. The molecular formula is C7H14O2. The molecule has 0 aromatic carbocycles. The van der Waals surface area contributed by atoms with Gasteiger partial charge >= 0.3 is 0 Å². The first-order chi connectivity index (χ1) is 4.16. The number of aliphatic hydroxyl groups is 1. The molecular weight excluding hydrogens is 116 g/mol. The number of hydrogen-bond donors (Lipinski definition) is 1. The topological polar surface area (TPSA) is 37.3 Å². The summed E-state index contributed by atoms with van der Waals surface area (Å²) < 4.78 is 0. The second kappa shape index (κ2) is 4.50. The Kier molecular flexibility index (Phi) is 4.32. The molecule has 0 aliphatic rings. The van der Waals surface area contributed by atoms with E-state index in [1.807, 2.05) is 6.92 Å². The zero-order valence-corrected chi connectivity index (χ0v) is 6.05. The molecule has 0 fully saturated rings. The SMILES string of the molecule is CCCC(O)CC(C)=O. The minimum Gasteiger partial charge on any atom is -0.393 e. The predicted octanol–water partition coefficient (Wildman–Crippen LogP) is 1.13. The fraction of sp³-hybridized carbons (Fsp3) is 0.857. The maximum Gasteiger partial charge on any atom is 0.132 e. The molecule has 1 N–H and O–H groups in total. The monoisotopic (exact) mass is 130 g/mol. The summed E-state index contributed by atoms with van der Waals surface area (Å²) in [6.07, 6.45) is 1.58. The number of carbonyl (C=O) groups excluding carboxylic acids is 1. The van der Waals surface area contributed by atoms with Crippen molar-refractivity contribution in [3.8, 4) is 0 Å². The first kappa shape index (κ1) is 8.63. The molecule has 54 valence electrons. The molecule has 1 unspecified atom stereocenters. The Morgan fingerprint density at radius 2 is 2.22 bits per heavy atom. The van der Waals surface area contributed by atoms with Crippen LogP contribution in [0.3, 0.4) is 0 Å². The van der Waals surface area contributed by atoms with Crippen molar-refractivity contribution in [3.63, 3.8) is 0 Å². The average Bonchev–Trinajstić information content (AvgIpc) is 1.63. The summed E-state index contributed by atoms with van der Waals surface area (Å²) in [6.45, 7) is 3.49. The van der Waals surface area contributed by atoms with Crippen LogP contribution in [0.15, 0.2) is 0 Å². The molecule has 0 aliphatic heterocycles. The Labute approximate surface area is 55.9 Å². The molecule has 0 radical (unpaired) electrons. The van der Waals surface area contributed by atoms with Gasteiger partial charge in [0.2, 0.25) is 0 Å². The largest absolute Gasteiger partial charge is 0.393 e. The molecule has 0 amide bonds. The molecule has 0 spiro atoms. The highest BCUT2D eigenvalue weighted by Crippen LogP contribution is 2.00. The molecule has 1 atom stereocenters.